The molecule has 0 N–H and O–H groups in total. The standard InChI is InChI=1S/C15H15NO5S/c1-16(15(17)12-6-4-3-5-7-12)20-21-22(18)14-10-8-13(19-2)9-11-14/h3-11H,1-2H3. The van der Waals surface area contributed by atoms with E-state index < -0.39 is 17.0 Å². The van der Waals surface area contributed by atoms with Crippen molar-refractivity contribution >= 4 is 17.0 Å². The fourth-order valence-corrected chi connectivity index (χ4v) is 2.18. The number of rotatable bonds is 6. The zero-order valence-corrected chi connectivity index (χ0v) is 12.9. The maximum absolute atomic E-state index is 12.0. The van der Waals surface area contributed by atoms with Crippen molar-refractivity contribution in [2.75, 3.05) is 14.2 Å². The first-order valence-electron chi connectivity index (χ1n) is 6.36. The highest BCUT2D eigenvalue weighted by atomic mass is 32.2. The predicted octanol–water partition coefficient (Wildman–Crippen LogP) is 2.35. The smallest absolute Gasteiger partial charge is 0.279 e. The van der Waals surface area contributed by atoms with Crippen molar-refractivity contribution in [2.24, 2.45) is 0 Å². The minimum atomic E-state index is -1.86. The summed E-state index contributed by atoms with van der Waals surface area (Å²) in [4.78, 5) is 17.2. The quantitative estimate of drug-likeness (QED) is 0.603. The molecular formula is C15H15NO5S. The number of methoxy groups -OCH3 is 1. The van der Waals surface area contributed by atoms with E-state index >= 15 is 0 Å². The normalized spacial score (nSPS) is 11.7. The summed E-state index contributed by atoms with van der Waals surface area (Å²) in [6.07, 6.45) is 0. The van der Waals surface area contributed by atoms with E-state index in [0.717, 1.165) is 5.06 Å². The molecule has 0 aliphatic heterocycles. The molecular weight excluding hydrogens is 306 g/mol. The van der Waals surface area contributed by atoms with Crippen molar-refractivity contribution in [1.82, 2.24) is 5.06 Å². The van der Waals surface area contributed by atoms with Crippen molar-refractivity contribution in [1.29, 1.82) is 0 Å². The Morgan fingerprint density at radius 1 is 1.05 bits per heavy atom. The van der Waals surface area contributed by atoms with E-state index in [9.17, 15) is 9.00 Å². The molecule has 1 atom stereocenters. The van der Waals surface area contributed by atoms with Gasteiger partial charge in [-0.25, -0.2) is 4.21 Å². The van der Waals surface area contributed by atoms with Gasteiger partial charge in [0.1, 0.15) is 5.75 Å². The Kier molecular flexibility index (Phi) is 5.65. The molecule has 0 aliphatic carbocycles. The molecule has 1 amide bonds. The summed E-state index contributed by atoms with van der Waals surface area (Å²) in [7, 11) is 2.91. The average Bonchev–Trinajstić information content (AvgIpc) is 2.59. The molecule has 0 radical (unpaired) electrons. The number of carbonyl (C=O) groups excluding carboxylic acids is 1. The predicted molar refractivity (Wildman–Crippen MR) is 80.1 cm³/mol. The van der Waals surface area contributed by atoms with Crippen molar-refractivity contribution in [3.63, 3.8) is 0 Å². The van der Waals surface area contributed by atoms with Crippen LogP contribution in [0, 0.1) is 0 Å². The van der Waals surface area contributed by atoms with Gasteiger partial charge in [0, 0.05) is 12.6 Å². The molecule has 1 unspecified atom stereocenters. The second kappa shape index (κ2) is 7.69. The van der Waals surface area contributed by atoms with Crippen LogP contribution < -0.4 is 4.74 Å². The van der Waals surface area contributed by atoms with Crippen LogP contribution in [0.4, 0.5) is 0 Å². The Labute approximate surface area is 130 Å². The number of amides is 1. The lowest BCUT2D eigenvalue weighted by Gasteiger charge is -2.14. The summed E-state index contributed by atoms with van der Waals surface area (Å²) in [5.74, 6) is 0.227. The lowest BCUT2D eigenvalue weighted by Crippen LogP contribution is -2.27. The van der Waals surface area contributed by atoms with Crippen molar-refractivity contribution in [2.45, 2.75) is 4.90 Å². The van der Waals surface area contributed by atoms with Gasteiger partial charge in [-0.1, -0.05) is 23.2 Å². The highest BCUT2D eigenvalue weighted by Gasteiger charge is 2.15. The van der Waals surface area contributed by atoms with Crippen LogP contribution in [0.15, 0.2) is 59.5 Å². The highest BCUT2D eigenvalue weighted by Crippen LogP contribution is 2.15. The molecule has 0 spiro atoms. The third-order valence-electron chi connectivity index (χ3n) is 2.76. The topological polar surface area (TPSA) is 65.1 Å². The molecule has 0 bridgehead atoms. The van der Waals surface area contributed by atoms with Crippen LogP contribution >= 0.6 is 0 Å². The van der Waals surface area contributed by atoms with Gasteiger partial charge in [0.05, 0.1) is 12.0 Å². The van der Waals surface area contributed by atoms with Gasteiger partial charge in [0.25, 0.3) is 5.91 Å². The van der Waals surface area contributed by atoms with E-state index in [1.807, 2.05) is 0 Å². The van der Waals surface area contributed by atoms with Gasteiger partial charge < -0.3 is 4.74 Å². The van der Waals surface area contributed by atoms with E-state index in [-0.39, 0.29) is 0 Å². The zero-order chi connectivity index (χ0) is 15.9. The fraction of sp³-hybridized carbons (Fsp3) is 0.133. The number of hydrogen-bond acceptors (Lipinski definition) is 5. The molecule has 0 aromatic heterocycles. The summed E-state index contributed by atoms with van der Waals surface area (Å²) in [6, 6.07) is 15.0. The summed E-state index contributed by atoms with van der Waals surface area (Å²) >= 11 is -1.86. The summed E-state index contributed by atoms with van der Waals surface area (Å²) in [5.41, 5.74) is 0.434. The van der Waals surface area contributed by atoms with Gasteiger partial charge >= 0.3 is 0 Å². The average molecular weight is 321 g/mol. The van der Waals surface area contributed by atoms with Crippen LogP contribution in [0.25, 0.3) is 0 Å². The maximum atomic E-state index is 12.0. The summed E-state index contributed by atoms with van der Waals surface area (Å²) < 4.78 is 21.6. The monoisotopic (exact) mass is 321 g/mol. The Bertz CT molecular complexity index is 645. The van der Waals surface area contributed by atoms with E-state index in [2.05, 4.69) is 0 Å². The number of benzene rings is 2. The molecule has 116 valence electrons. The molecule has 22 heavy (non-hydrogen) atoms. The van der Waals surface area contributed by atoms with E-state index in [0.29, 0.717) is 16.2 Å². The van der Waals surface area contributed by atoms with E-state index in [4.69, 9.17) is 14.1 Å². The van der Waals surface area contributed by atoms with E-state index in [1.165, 1.54) is 14.2 Å². The fourth-order valence-electron chi connectivity index (χ4n) is 1.60. The van der Waals surface area contributed by atoms with Gasteiger partial charge in [-0.2, -0.15) is 5.06 Å². The number of hydrogen-bond donors (Lipinski definition) is 0. The second-order valence-corrected chi connectivity index (χ2v) is 5.30. The van der Waals surface area contributed by atoms with Gasteiger partial charge in [-0.05, 0) is 36.4 Å². The Morgan fingerprint density at radius 3 is 2.27 bits per heavy atom. The summed E-state index contributed by atoms with van der Waals surface area (Å²) in [6.45, 7) is 0. The van der Waals surface area contributed by atoms with Crippen molar-refractivity contribution < 1.29 is 23.1 Å². The Morgan fingerprint density at radius 2 is 1.68 bits per heavy atom. The first-order valence-corrected chi connectivity index (χ1v) is 7.43. The molecule has 2 rings (SSSR count). The molecule has 2 aromatic rings. The molecule has 2 aromatic carbocycles. The Balaban J connectivity index is 1.91. The van der Waals surface area contributed by atoms with Gasteiger partial charge in [-0.15, -0.1) is 4.33 Å². The Hall–Kier alpha value is -2.22. The largest absolute Gasteiger partial charge is 0.497 e. The lowest BCUT2D eigenvalue weighted by atomic mass is 10.2. The zero-order valence-electron chi connectivity index (χ0n) is 12.1. The SMILES string of the molecule is COc1ccc(S(=O)OON(C)C(=O)c2ccccc2)cc1. The van der Waals surface area contributed by atoms with Gasteiger partial charge in [0.15, 0.2) is 0 Å². The van der Waals surface area contributed by atoms with Crippen LogP contribution in [0.3, 0.4) is 0 Å². The number of carbonyl (C=O) groups is 1. The number of ether oxygens (including phenoxy) is 1. The first-order chi connectivity index (χ1) is 10.6. The number of nitrogens with zero attached hydrogens (tertiary/aromatic N) is 1. The third kappa shape index (κ3) is 4.14. The first kappa shape index (κ1) is 16.2. The molecule has 0 aliphatic rings. The van der Waals surface area contributed by atoms with Crippen molar-refractivity contribution in [3.8, 4) is 5.75 Å². The molecule has 7 heteroatoms. The lowest BCUT2D eigenvalue weighted by molar-refractivity contribution is -0.328. The third-order valence-corrected chi connectivity index (χ3v) is 3.60. The highest BCUT2D eigenvalue weighted by molar-refractivity contribution is 7.80. The maximum Gasteiger partial charge on any atom is 0.279 e. The van der Waals surface area contributed by atoms with Crippen LogP contribution in [0.2, 0.25) is 0 Å². The molecule has 0 fully saturated rings. The van der Waals surface area contributed by atoms with Crippen LogP contribution in [-0.2, 0) is 20.4 Å². The van der Waals surface area contributed by atoms with Crippen LogP contribution in [0.5, 0.6) is 5.75 Å². The summed E-state index contributed by atoms with van der Waals surface area (Å²) in [5, 5.41) is 0.872. The molecule has 6 nitrogen and oxygen atoms in total. The van der Waals surface area contributed by atoms with Crippen LogP contribution in [0.1, 0.15) is 10.4 Å². The molecule has 0 saturated heterocycles. The van der Waals surface area contributed by atoms with Gasteiger partial charge in [0.2, 0.25) is 11.1 Å². The van der Waals surface area contributed by atoms with Crippen LogP contribution in [-0.4, -0.2) is 29.3 Å². The van der Waals surface area contributed by atoms with Crippen molar-refractivity contribution in [3.05, 3.63) is 60.2 Å². The number of hydroxylamine groups is 2. The molecule has 0 heterocycles. The van der Waals surface area contributed by atoms with E-state index in [1.54, 1.807) is 54.6 Å². The second-order valence-electron chi connectivity index (χ2n) is 4.22. The minimum absolute atomic E-state index is 0.390. The van der Waals surface area contributed by atoms with Gasteiger partial charge in [-0.3, -0.25) is 4.79 Å². The minimum Gasteiger partial charge on any atom is -0.497 e. The molecule has 0 saturated carbocycles.